The summed E-state index contributed by atoms with van der Waals surface area (Å²) in [6.07, 6.45) is 3.71. The maximum absolute atomic E-state index is 13.1. The van der Waals surface area contributed by atoms with Crippen LogP contribution in [0.5, 0.6) is 5.75 Å². The Morgan fingerprint density at radius 2 is 2.11 bits per heavy atom. The number of rotatable bonds is 3. The zero-order valence-corrected chi connectivity index (χ0v) is 11.1. The molecule has 2 N–H and O–H groups in total. The predicted molar refractivity (Wildman–Crippen MR) is 70.9 cm³/mol. The molecule has 0 radical (unpaired) electrons. The van der Waals surface area contributed by atoms with Crippen molar-refractivity contribution in [3.63, 3.8) is 0 Å². The molecule has 1 aliphatic carbocycles. The first-order valence-electron chi connectivity index (χ1n) is 6.78. The fraction of sp³-hybridized carbons (Fsp3) is 0.600. The quantitative estimate of drug-likeness (QED) is 0.862. The van der Waals surface area contributed by atoms with E-state index in [1.165, 1.54) is 37.5 Å². The van der Waals surface area contributed by atoms with Crippen LogP contribution in [0.25, 0.3) is 0 Å². The third-order valence-electron chi connectivity index (χ3n) is 4.30. The average molecular weight is 251 g/mol. The predicted octanol–water partition coefficient (Wildman–Crippen LogP) is 3.45. The smallest absolute Gasteiger partial charge is 0.123 e. The van der Waals surface area contributed by atoms with E-state index in [2.05, 4.69) is 19.2 Å². The molecule has 100 valence electrons. The molecule has 2 nitrogen and oxygen atoms in total. The molecule has 18 heavy (non-hydrogen) atoms. The number of benzene rings is 1. The van der Waals surface area contributed by atoms with Crippen molar-refractivity contribution in [2.45, 2.75) is 45.7 Å². The monoisotopic (exact) mass is 251 g/mol. The summed E-state index contributed by atoms with van der Waals surface area (Å²) in [6.45, 7) is 5.09. The molecule has 0 aliphatic heterocycles. The van der Waals surface area contributed by atoms with Crippen molar-refractivity contribution in [1.82, 2.24) is 5.32 Å². The summed E-state index contributed by atoms with van der Waals surface area (Å²) in [5.74, 6) is 1.24. The van der Waals surface area contributed by atoms with Crippen molar-refractivity contribution in [1.29, 1.82) is 0 Å². The van der Waals surface area contributed by atoms with Gasteiger partial charge in [0.2, 0.25) is 0 Å². The molecular formula is C15H22FNO. The van der Waals surface area contributed by atoms with Crippen molar-refractivity contribution in [2.24, 2.45) is 11.8 Å². The van der Waals surface area contributed by atoms with Gasteiger partial charge >= 0.3 is 0 Å². The number of hydrogen-bond donors (Lipinski definition) is 2. The number of aromatic hydroxyl groups is 1. The summed E-state index contributed by atoms with van der Waals surface area (Å²) in [4.78, 5) is 0. The van der Waals surface area contributed by atoms with Gasteiger partial charge in [-0.3, -0.25) is 0 Å². The Balaban J connectivity index is 1.96. The van der Waals surface area contributed by atoms with Crippen molar-refractivity contribution >= 4 is 0 Å². The summed E-state index contributed by atoms with van der Waals surface area (Å²) in [7, 11) is 0. The van der Waals surface area contributed by atoms with Gasteiger partial charge in [-0.25, -0.2) is 4.39 Å². The van der Waals surface area contributed by atoms with Crippen LogP contribution < -0.4 is 5.32 Å². The molecule has 1 aliphatic rings. The highest BCUT2D eigenvalue weighted by Crippen LogP contribution is 2.30. The van der Waals surface area contributed by atoms with Crippen molar-refractivity contribution in [3.05, 3.63) is 29.6 Å². The number of phenolic OH excluding ortho intramolecular Hbond substituents is 1. The van der Waals surface area contributed by atoms with E-state index in [0.29, 0.717) is 24.1 Å². The third kappa shape index (κ3) is 3.02. The normalized spacial score (nSPS) is 28.3. The summed E-state index contributed by atoms with van der Waals surface area (Å²) in [5, 5.41) is 13.1. The highest BCUT2D eigenvalue weighted by Gasteiger charge is 2.26. The topological polar surface area (TPSA) is 32.3 Å². The van der Waals surface area contributed by atoms with Gasteiger partial charge < -0.3 is 10.4 Å². The van der Waals surface area contributed by atoms with Gasteiger partial charge in [0.05, 0.1) is 0 Å². The Morgan fingerprint density at radius 1 is 1.33 bits per heavy atom. The lowest BCUT2D eigenvalue weighted by Gasteiger charge is -2.34. The molecule has 0 spiro atoms. The number of phenols is 1. The van der Waals surface area contributed by atoms with Gasteiger partial charge in [-0.2, -0.15) is 0 Å². The molecule has 0 aromatic heterocycles. The van der Waals surface area contributed by atoms with Gasteiger partial charge in [-0.15, -0.1) is 0 Å². The second kappa shape index (κ2) is 5.70. The summed E-state index contributed by atoms with van der Waals surface area (Å²) < 4.78 is 13.1. The minimum atomic E-state index is -0.297. The van der Waals surface area contributed by atoms with Crippen LogP contribution in [0.4, 0.5) is 4.39 Å². The first kappa shape index (κ1) is 13.3. The fourth-order valence-electron chi connectivity index (χ4n) is 2.81. The minimum absolute atomic E-state index is 0.167. The maximum Gasteiger partial charge on any atom is 0.123 e. The van der Waals surface area contributed by atoms with E-state index in [1.54, 1.807) is 0 Å². The molecule has 3 unspecified atom stereocenters. The molecule has 1 aromatic carbocycles. The third-order valence-corrected chi connectivity index (χ3v) is 4.30. The van der Waals surface area contributed by atoms with Crippen molar-refractivity contribution < 1.29 is 9.50 Å². The van der Waals surface area contributed by atoms with Crippen LogP contribution in [0.2, 0.25) is 0 Å². The van der Waals surface area contributed by atoms with Gasteiger partial charge in [0.15, 0.2) is 0 Å². The van der Waals surface area contributed by atoms with Gasteiger partial charge in [-0.05, 0) is 36.5 Å². The van der Waals surface area contributed by atoms with E-state index < -0.39 is 0 Å². The zero-order chi connectivity index (χ0) is 13.1. The van der Waals surface area contributed by atoms with E-state index in [1.807, 2.05) is 0 Å². The lowest BCUT2D eigenvalue weighted by molar-refractivity contribution is 0.205. The molecule has 0 heterocycles. The van der Waals surface area contributed by atoms with Crippen molar-refractivity contribution in [2.75, 3.05) is 0 Å². The number of hydrogen-bond acceptors (Lipinski definition) is 2. The highest BCUT2D eigenvalue weighted by molar-refractivity contribution is 5.32. The fourth-order valence-corrected chi connectivity index (χ4v) is 2.81. The highest BCUT2D eigenvalue weighted by atomic mass is 19.1. The molecule has 0 bridgehead atoms. The lowest BCUT2D eigenvalue weighted by Crippen LogP contribution is -2.40. The molecule has 2 rings (SSSR count). The number of halogens is 1. The van der Waals surface area contributed by atoms with Crippen LogP contribution in [-0.2, 0) is 6.54 Å². The van der Waals surface area contributed by atoms with Crippen LogP contribution in [0.15, 0.2) is 18.2 Å². The van der Waals surface area contributed by atoms with E-state index in [9.17, 15) is 9.50 Å². The van der Waals surface area contributed by atoms with Gasteiger partial charge in [-0.1, -0.05) is 26.7 Å². The molecule has 1 aromatic rings. The Hall–Kier alpha value is -1.09. The Labute approximate surface area is 108 Å². The van der Waals surface area contributed by atoms with E-state index in [4.69, 9.17) is 0 Å². The molecule has 1 fully saturated rings. The molecule has 0 amide bonds. The van der Waals surface area contributed by atoms with Crippen molar-refractivity contribution in [3.8, 4) is 5.75 Å². The zero-order valence-electron chi connectivity index (χ0n) is 11.1. The van der Waals surface area contributed by atoms with Gasteiger partial charge in [0.25, 0.3) is 0 Å². The second-order valence-electron chi connectivity index (χ2n) is 5.53. The van der Waals surface area contributed by atoms with Gasteiger partial charge in [0.1, 0.15) is 11.6 Å². The molecule has 0 saturated heterocycles. The first-order chi connectivity index (χ1) is 8.58. The lowest BCUT2D eigenvalue weighted by atomic mass is 9.78. The summed E-state index contributed by atoms with van der Waals surface area (Å²) in [6, 6.07) is 4.57. The van der Waals surface area contributed by atoms with E-state index in [0.717, 1.165) is 5.92 Å². The van der Waals surface area contributed by atoms with Crippen LogP contribution in [0.3, 0.4) is 0 Å². The summed E-state index contributed by atoms with van der Waals surface area (Å²) in [5.41, 5.74) is 0.639. The second-order valence-corrected chi connectivity index (χ2v) is 5.53. The Morgan fingerprint density at radius 3 is 2.89 bits per heavy atom. The maximum atomic E-state index is 13.1. The Bertz CT molecular complexity index is 407. The van der Waals surface area contributed by atoms with Gasteiger partial charge in [0, 0.05) is 18.2 Å². The summed E-state index contributed by atoms with van der Waals surface area (Å²) >= 11 is 0. The Kier molecular flexibility index (Phi) is 4.23. The first-order valence-corrected chi connectivity index (χ1v) is 6.78. The van der Waals surface area contributed by atoms with Crippen LogP contribution >= 0.6 is 0 Å². The minimum Gasteiger partial charge on any atom is -0.508 e. The van der Waals surface area contributed by atoms with E-state index in [-0.39, 0.29) is 11.6 Å². The molecular weight excluding hydrogens is 229 g/mol. The standard InChI is InChI=1S/C15H22FNO/c1-10-4-3-5-14(11(10)2)17-9-12-8-13(16)6-7-15(12)18/h6-8,10-11,14,17-18H,3-5,9H2,1-2H3. The SMILES string of the molecule is CC1CCCC(NCc2cc(F)ccc2O)C1C. The largest absolute Gasteiger partial charge is 0.508 e. The van der Waals surface area contributed by atoms with Crippen LogP contribution in [0, 0.1) is 17.7 Å². The molecule has 1 saturated carbocycles. The number of nitrogens with one attached hydrogen (secondary N) is 1. The molecule has 3 atom stereocenters. The van der Waals surface area contributed by atoms with Crippen LogP contribution in [-0.4, -0.2) is 11.1 Å². The average Bonchev–Trinajstić information content (AvgIpc) is 2.35. The van der Waals surface area contributed by atoms with E-state index >= 15 is 0 Å². The van der Waals surface area contributed by atoms with Crippen LogP contribution in [0.1, 0.15) is 38.7 Å². The molecule has 3 heteroatoms.